The first-order valence-electron chi connectivity index (χ1n) is 14.4. The van der Waals surface area contributed by atoms with Crippen molar-refractivity contribution in [3.8, 4) is 0 Å². The van der Waals surface area contributed by atoms with Gasteiger partial charge in [0, 0.05) is 24.5 Å². The minimum atomic E-state index is -1.09. The second-order valence-corrected chi connectivity index (χ2v) is 10.6. The molecule has 3 fully saturated rings. The molecular weight excluding hydrogens is 580 g/mol. The molecule has 1 aromatic heterocycles. The molecule has 1 aromatic carbocycles. The summed E-state index contributed by atoms with van der Waals surface area (Å²) in [6, 6.07) is 5.95. The van der Waals surface area contributed by atoms with Crippen LogP contribution in [0.25, 0.3) is 10.8 Å². The molecule has 2 N–H and O–H groups in total. The Hall–Kier alpha value is -4.86. The SMILES string of the molecule is O=C1C[C@H](NC(=O)[C@@H]2CCCN3C(=O)CC[C@H](NC(=O)c4nccc5ccccc45)C(=O)N23)[C@H](OCCCCO[N+](=O)[O-])O1. The average Bonchev–Trinajstić information content (AvgIpc) is 3.31. The molecule has 2 aromatic rings. The van der Waals surface area contributed by atoms with Crippen molar-refractivity contribution in [2.45, 2.75) is 69.4 Å². The summed E-state index contributed by atoms with van der Waals surface area (Å²) >= 11 is 0. The van der Waals surface area contributed by atoms with E-state index in [-0.39, 0.29) is 57.0 Å². The molecule has 234 valence electrons. The summed E-state index contributed by atoms with van der Waals surface area (Å²) in [5.41, 5.74) is 0.138. The maximum absolute atomic E-state index is 13.9. The summed E-state index contributed by atoms with van der Waals surface area (Å²) in [4.78, 5) is 84.5. The number of rotatable bonds is 11. The van der Waals surface area contributed by atoms with Crippen LogP contribution >= 0.6 is 0 Å². The molecule has 44 heavy (non-hydrogen) atoms. The number of aromatic nitrogens is 1. The van der Waals surface area contributed by atoms with Gasteiger partial charge in [-0.15, -0.1) is 10.1 Å². The zero-order valence-corrected chi connectivity index (χ0v) is 23.7. The minimum Gasteiger partial charge on any atom is -0.433 e. The van der Waals surface area contributed by atoms with Crippen molar-refractivity contribution in [3.63, 3.8) is 0 Å². The number of hydrogen-bond acceptors (Lipinski definition) is 11. The van der Waals surface area contributed by atoms with Crippen molar-refractivity contribution in [2.24, 2.45) is 0 Å². The highest BCUT2D eigenvalue weighted by Crippen LogP contribution is 2.26. The number of carbonyl (C=O) groups is 5. The van der Waals surface area contributed by atoms with Gasteiger partial charge >= 0.3 is 5.97 Å². The van der Waals surface area contributed by atoms with Gasteiger partial charge in [0.15, 0.2) is 0 Å². The molecule has 5 rings (SSSR count). The molecule has 4 amide bonds. The van der Waals surface area contributed by atoms with Crippen molar-refractivity contribution in [1.82, 2.24) is 25.6 Å². The number of nitrogens with one attached hydrogen (secondary N) is 2. The van der Waals surface area contributed by atoms with Crippen LogP contribution in [0.3, 0.4) is 0 Å². The zero-order valence-electron chi connectivity index (χ0n) is 23.7. The van der Waals surface area contributed by atoms with Gasteiger partial charge in [-0.2, -0.15) is 0 Å². The first-order valence-corrected chi connectivity index (χ1v) is 14.4. The van der Waals surface area contributed by atoms with Crippen LogP contribution in [-0.4, -0.2) is 93.9 Å². The lowest BCUT2D eigenvalue weighted by atomic mass is 10.0. The van der Waals surface area contributed by atoms with E-state index in [4.69, 9.17) is 9.47 Å². The van der Waals surface area contributed by atoms with Gasteiger partial charge in [-0.05, 0) is 43.6 Å². The molecule has 16 nitrogen and oxygen atoms in total. The van der Waals surface area contributed by atoms with E-state index in [1.54, 1.807) is 18.2 Å². The van der Waals surface area contributed by atoms with E-state index in [0.717, 1.165) is 10.4 Å². The lowest BCUT2D eigenvalue weighted by Crippen LogP contribution is -2.64. The van der Waals surface area contributed by atoms with Crippen LogP contribution in [0.2, 0.25) is 0 Å². The molecular formula is C28H32N6O10. The number of pyridine rings is 1. The van der Waals surface area contributed by atoms with Crippen molar-refractivity contribution in [3.05, 3.63) is 52.3 Å². The van der Waals surface area contributed by atoms with Gasteiger partial charge < -0.3 is 24.9 Å². The maximum atomic E-state index is 13.9. The summed E-state index contributed by atoms with van der Waals surface area (Å²) in [6.45, 7) is 0.215. The van der Waals surface area contributed by atoms with Crippen molar-refractivity contribution >= 4 is 40.4 Å². The van der Waals surface area contributed by atoms with Crippen molar-refractivity contribution in [1.29, 1.82) is 0 Å². The second-order valence-electron chi connectivity index (χ2n) is 10.6. The van der Waals surface area contributed by atoms with Gasteiger partial charge in [0.25, 0.3) is 16.9 Å². The van der Waals surface area contributed by atoms with Crippen LogP contribution in [0.1, 0.15) is 55.4 Å². The highest BCUT2D eigenvalue weighted by Gasteiger charge is 2.46. The van der Waals surface area contributed by atoms with Crippen LogP contribution in [0, 0.1) is 10.1 Å². The molecule has 0 spiro atoms. The number of hydrazine groups is 1. The smallest absolute Gasteiger partial charge is 0.310 e. The number of ether oxygens (including phenoxy) is 2. The van der Waals surface area contributed by atoms with E-state index in [1.165, 1.54) is 11.2 Å². The molecule has 0 radical (unpaired) electrons. The number of nitrogens with zero attached hydrogens (tertiary/aromatic N) is 4. The van der Waals surface area contributed by atoms with E-state index in [1.807, 2.05) is 12.1 Å². The normalized spacial score (nSPS) is 23.5. The summed E-state index contributed by atoms with van der Waals surface area (Å²) < 4.78 is 10.8. The Kier molecular flexibility index (Phi) is 9.47. The molecule has 3 saturated heterocycles. The zero-order chi connectivity index (χ0) is 31.2. The van der Waals surface area contributed by atoms with E-state index in [0.29, 0.717) is 24.6 Å². The van der Waals surface area contributed by atoms with E-state index < -0.39 is 53.2 Å². The fourth-order valence-corrected chi connectivity index (χ4v) is 5.56. The summed E-state index contributed by atoms with van der Waals surface area (Å²) in [5.74, 6) is -2.72. The van der Waals surface area contributed by atoms with Crippen LogP contribution in [0.4, 0.5) is 0 Å². The molecule has 3 aliphatic rings. The first kappa shape index (κ1) is 30.6. The fourth-order valence-electron chi connectivity index (χ4n) is 5.56. The molecule has 0 bridgehead atoms. The van der Waals surface area contributed by atoms with Crippen molar-refractivity contribution < 1.29 is 43.4 Å². The highest BCUT2D eigenvalue weighted by molar-refractivity contribution is 6.06. The Morgan fingerprint density at radius 1 is 1.09 bits per heavy atom. The largest absolute Gasteiger partial charge is 0.433 e. The number of cyclic esters (lactones) is 1. The third kappa shape index (κ3) is 6.85. The molecule has 0 aliphatic carbocycles. The minimum absolute atomic E-state index is 0.0158. The predicted molar refractivity (Wildman–Crippen MR) is 148 cm³/mol. The number of esters is 1. The summed E-state index contributed by atoms with van der Waals surface area (Å²) in [6.07, 6.45) is 1.68. The van der Waals surface area contributed by atoms with Gasteiger partial charge in [-0.1, -0.05) is 24.3 Å². The van der Waals surface area contributed by atoms with E-state index in [2.05, 4.69) is 20.5 Å². The molecule has 16 heteroatoms. The van der Waals surface area contributed by atoms with Crippen LogP contribution in [-0.2, 0) is 33.5 Å². The number of carbonyl (C=O) groups excluding carboxylic acids is 5. The monoisotopic (exact) mass is 612 g/mol. The third-order valence-electron chi connectivity index (χ3n) is 7.67. The Morgan fingerprint density at radius 2 is 1.89 bits per heavy atom. The molecule has 4 heterocycles. The maximum Gasteiger partial charge on any atom is 0.310 e. The lowest BCUT2D eigenvalue weighted by Gasteiger charge is -2.43. The van der Waals surface area contributed by atoms with Gasteiger partial charge in [-0.25, -0.2) is 5.01 Å². The number of hydrogen-bond donors (Lipinski definition) is 2. The number of amides is 4. The number of benzene rings is 1. The standard InChI is InChI=1S/C28H32N6O10/c35-22-10-9-19(30-26(38)24-18-7-2-1-6-17(18)11-12-29-24)27(39)33-21(8-5-13-32(22)33)25(37)31-20-16-23(36)44-28(20)42-14-3-4-15-43-34(40)41/h1-2,6-7,11-12,19-21,28H,3-5,8-10,13-16H2,(H,30,38)(H,31,37)/t19-,20-,21-,28+/m0/s1. The topological polar surface area (TPSA) is 200 Å². The van der Waals surface area contributed by atoms with Gasteiger partial charge in [0.05, 0.1) is 19.6 Å². The van der Waals surface area contributed by atoms with Crippen LogP contribution in [0.5, 0.6) is 0 Å². The number of unbranched alkanes of at least 4 members (excludes halogenated alkanes) is 1. The Balaban J connectivity index is 1.26. The second kappa shape index (κ2) is 13.6. The molecule has 0 unspecified atom stereocenters. The Labute approximate surface area is 251 Å². The summed E-state index contributed by atoms with van der Waals surface area (Å²) in [7, 11) is 0. The quantitative estimate of drug-likeness (QED) is 0.156. The van der Waals surface area contributed by atoms with Crippen LogP contribution in [0.15, 0.2) is 36.5 Å². The van der Waals surface area contributed by atoms with Crippen molar-refractivity contribution in [2.75, 3.05) is 19.8 Å². The average molecular weight is 613 g/mol. The fraction of sp³-hybridized carbons (Fsp3) is 0.500. The highest BCUT2D eigenvalue weighted by atomic mass is 16.9. The van der Waals surface area contributed by atoms with Gasteiger partial charge in [0.1, 0.15) is 23.8 Å². The first-order chi connectivity index (χ1) is 21.2. The Morgan fingerprint density at radius 3 is 2.70 bits per heavy atom. The number of fused-ring (bicyclic) bond motifs is 2. The predicted octanol–water partition coefficient (Wildman–Crippen LogP) is 0.625. The van der Waals surface area contributed by atoms with E-state index >= 15 is 0 Å². The molecule has 4 atom stereocenters. The lowest BCUT2D eigenvalue weighted by molar-refractivity contribution is -0.757. The van der Waals surface area contributed by atoms with Crippen LogP contribution < -0.4 is 10.6 Å². The molecule has 0 saturated carbocycles. The third-order valence-corrected chi connectivity index (χ3v) is 7.67. The van der Waals surface area contributed by atoms with Gasteiger partial charge in [-0.3, -0.25) is 34.0 Å². The molecule has 3 aliphatic heterocycles. The van der Waals surface area contributed by atoms with Gasteiger partial charge in [0.2, 0.25) is 18.1 Å². The summed E-state index contributed by atoms with van der Waals surface area (Å²) in [5, 5.41) is 18.6. The van der Waals surface area contributed by atoms with E-state index in [9.17, 15) is 34.1 Å². The Bertz CT molecular complexity index is 1450.